The van der Waals surface area contributed by atoms with Gasteiger partial charge in [0, 0.05) is 30.2 Å². The number of ether oxygens (including phenoxy) is 1. The van der Waals surface area contributed by atoms with E-state index in [1.807, 2.05) is 30.3 Å². The Bertz CT molecular complexity index is 932. The maximum absolute atomic E-state index is 13.1. The highest BCUT2D eigenvalue weighted by atomic mass is 32.2. The minimum atomic E-state index is -3.44. The minimum absolute atomic E-state index is 0.0915. The van der Waals surface area contributed by atoms with Crippen molar-refractivity contribution >= 4 is 22.0 Å². The average Bonchev–Trinajstić information content (AvgIpc) is 3.05. The van der Waals surface area contributed by atoms with Gasteiger partial charge >= 0.3 is 6.09 Å². The van der Waals surface area contributed by atoms with E-state index >= 15 is 0 Å². The summed E-state index contributed by atoms with van der Waals surface area (Å²) < 4.78 is 32.0. The highest BCUT2D eigenvalue weighted by Crippen LogP contribution is 2.29. The molecule has 2 amide bonds. The van der Waals surface area contributed by atoms with E-state index < -0.39 is 22.2 Å². The van der Waals surface area contributed by atoms with Gasteiger partial charge in [-0.1, -0.05) is 30.3 Å². The molecule has 3 rings (SSSR count). The normalized spacial score (nSPS) is 26.3. The Balaban J connectivity index is 1.60. The number of nitrogens with one attached hydrogen (secondary N) is 3. The second kappa shape index (κ2) is 10.4. The summed E-state index contributed by atoms with van der Waals surface area (Å²) >= 11 is 0. The zero-order chi connectivity index (χ0) is 24.2. The summed E-state index contributed by atoms with van der Waals surface area (Å²) in [4.78, 5) is 27.0. The van der Waals surface area contributed by atoms with Crippen LogP contribution in [0.2, 0.25) is 0 Å². The molecule has 3 N–H and O–H groups in total. The van der Waals surface area contributed by atoms with Crippen molar-refractivity contribution < 1.29 is 22.7 Å². The predicted octanol–water partition coefficient (Wildman–Crippen LogP) is 1.74. The summed E-state index contributed by atoms with van der Waals surface area (Å²) in [5.41, 5.74) is 0.772. The second-order valence-electron chi connectivity index (χ2n) is 10.0. The molecule has 10 heteroatoms. The van der Waals surface area contributed by atoms with E-state index in [2.05, 4.69) is 36.1 Å². The molecule has 1 aliphatic heterocycles. The maximum atomic E-state index is 13.1. The molecule has 1 aliphatic carbocycles. The number of rotatable bonds is 7. The number of carbonyl (C=O) groups excluding carboxylic acids is 2. The second-order valence-corrected chi connectivity index (χ2v) is 11.8. The molecular formula is C23H36N4O5S. The fourth-order valence-corrected chi connectivity index (χ4v) is 5.55. The van der Waals surface area contributed by atoms with Crippen LogP contribution < -0.4 is 15.4 Å². The molecule has 0 unspecified atom stereocenters. The van der Waals surface area contributed by atoms with Crippen molar-refractivity contribution in [2.24, 2.45) is 0 Å². The van der Waals surface area contributed by atoms with Gasteiger partial charge in [-0.15, -0.1) is 0 Å². The molecule has 33 heavy (non-hydrogen) atoms. The van der Waals surface area contributed by atoms with Crippen molar-refractivity contribution in [2.45, 2.75) is 82.8 Å². The largest absolute Gasteiger partial charge is 0.445 e. The molecule has 1 saturated heterocycles. The first kappa shape index (κ1) is 25.5. The Morgan fingerprint density at radius 1 is 1.15 bits per heavy atom. The number of likely N-dealkylation sites (tertiary alicyclic amines) is 1. The molecule has 2 aliphatic rings. The number of nitrogens with zero attached hydrogens (tertiary/aromatic N) is 1. The summed E-state index contributed by atoms with van der Waals surface area (Å²) in [6, 6.07) is 8.17. The van der Waals surface area contributed by atoms with Crippen LogP contribution in [-0.2, 0) is 26.2 Å². The van der Waals surface area contributed by atoms with Crippen molar-refractivity contribution in [3.8, 4) is 0 Å². The van der Waals surface area contributed by atoms with Gasteiger partial charge in [-0.05, 0) is 52.0 Å². The highest BCUT2D eigenvalue weighted by molar-refractivity contribution is 7.88. The van der Waals surface area contributed by atoms with E-state index in [9.17, 15) is 18.0 Å². The number of amides is 2. The van der Waals surface area contributed by atoms with Crippen LogP contribution in [0.1, 0.15) is 52.0 Å². The summed E-state index contributed by atoms with van der Waals surface area (Å²) in [7, 11) is -3.44. The van der Waals surface area contributed by atoms with Crippen LogP contribution in [-0.4, -0.2) is 67.8 Å². The molecule has 0 bridgehead atoms. The van der Waals surface area contributed by atoms with E-state index in [0.29, 0.717) is 25.8 Å². The molecule has 1 saturated carbocycles. The van der Waals surface area contributed by atoms with Crippen molar-refractivity contribution in [1.29, 1.82) is 0 Å². The van der Waals surface area contributed by atoms with Crippen LogP contribution in [0.5, 0.6) is 0 Å². The van der Waals surface area contributed by atoms with Crippen molar-refractivity contribution in [1.82, 2.24) is 20.3 Å². The topological polar surface area (TPSA) is 117 Å². The van der Waals surface area contributed by atoms with Crippen LogP contribution in [0.25, 0.3) is 0 Å². The molecule has 9 nitrogen and oxygen atoms in total. The molecule has 0 radical (unpaired) electrons. The Morgan fingerprint density at radius 3 is 2.48 bits per heavy atom. The van der Waals surface area contributed by atoms with Gasteiger partial charge < -0.3 is 20.3 Å². The summed E-state index contributed by atoms with van der Waals surface area (Å²) in [5, 5.41) is 6.21. The highest BCUT2D eigenvalue weighted by Gasteiger charge is 2.43. The molecule has 1 aromatic rings. The average molecular weight is 481 g/mol. The Hall–Kier alpha value is -2.17. The summed E-state index contributed by atoms with van der Waals surface area (Å²) in [5.74, 6) is -0.195. The fraction of sp³-hybridized carbons (Fsp3) is 0.652. The van der Waals surface area contributed by atoms with Gasteiger partial charge in [0.2, 0.25) is 15.9 Å². The molecule has 4 atom stereocenters. The number of hydrogen-bond donors (Lipinski definition) is 3. The molecule has 0 spiro atoms. The monoisotopic (exact) mass is 480 g/mol. The van der Waals surface area contributed by atoms with Gasteiger partial charge in [0.15, 0.2) is 0 Å². The molecular weight excluding hydrogens is 444 g/mol. The number of carbonyl (C=O) groups is 2. The van der Waals surface area contributed by atoms with Crippen LogP contribution in [0.15, 0.2) is 30.3 Å². The van der Waals surface area contributed by atoms with Crippen molar-refractivity contribution in [2.75, 3.05) is 12.8 Å². The van der Waals surface area contributed by atoms with Gasteiger partial charge in [-0.3, -0.25) is 4.79 Å². The van der Waals surface area contributed by atoms with E-state index in [1.54, 1.807) is 4.90 Å². The van der Waals surface area contributed by atoms with Gasteiger partial charge in [-0.25, -0.2) is 17.9 Å². The molecule has 1 aromatic carbocycles. The lowest BCUT2D eigenvalue weighted by Gasteiger charge is -2.43. The summed E-state index contributed by atoms with van der Waals surface area (Å²) in [6.07, 6.45) is 3.08. The van der Waals surface area contributed by atoms with Crippen molar-refractivity contribution in [3.63, 3.8) is 0 Å². The van der Waals surface area contributed by atoms with Gasteiger partial charge in [-0.2, -0.15) is 0 Å². The van der Waals surface area contributed by atoms with Gasteiger partial charge in [0.05, 0.1) is 6.26 Å². The predicted molar refractivity (Wildman–Crippen MR) is 126 cm³/mol. The molecule has 2 fully saturated rings. The van der Waals surface area contributed by atoms with Gasteiger partial charge in [0.25, 0.3) is 0 Å². The zero-order valence-corrected chi connectivity index (χ0v) is 20.7. The Labute approximate surface area is 196 Å². The minimum Gasteiger partial charge on any atom is -0.445 e. The Morgan fingerprint density at radius 2 is 1.85 bits per heavy atom. The number of alkyl carbamates (subject to hydrolysis) is 1. The third-order valence-electron chi connectivity index (χ3n) is 5.96. The van der Waals surface area contributed by atoms with Crippen LogP contribution in [0.4, 0.5) is 4.79 Å². The lowest BCUT2D eigenvalue weighted by Crippen LogP contribution is -2.59. The summed E-state index contributed by atoms with van der Waals surface area (Å²) in [6.45, 7) is 6.83. The maximum Gasteiger partial charge on any atom is 0.408 e. The number of hydrogen-bond acceptors (Lipinski definition) is 6. The van der Waals surface area contributed by atoms with Gasteiger partial charge in [0.1, 0.15) is 12.6 Å². The first-order chi connectivity index (χ1) is 15.4. The molecule has 0 aromatic heterocycles. The van der Waals surface area contributed by atoms with E-state index in [0.717, 1.165) is 18.2 Å². The smallest absolute Gasteiger partial charge is 0.408 e. The Kier molecular flexibility index (Phi) is 8.02. The van der Waals surface area contributed by atoms with Crippen LogP contribution in [0, 0.1) is 0 Å². The third kappa shape index (κ3) is 7.68. The SMILES string of the molecule is CC(C)(C)N[C@@H]1CC[C@H](N2CC[C@H](NC(=O)OCc3ccccc3)C2=O)[C@H](NS(C)(=O)=O)C1. The number of benzene rings is 1. The van der Waals surface area contributed by atoms with E-state index in [1.165, 1.54) is 0 Å². The van der Waals surface area contributed by atoms with E-state index in [4.69, 9.17) is 4.74 Å². The fourth-order valence-electron chi connectivity index (χ4n) is 4.74. The van der Waals surface area contributed by atoms with E-state index in [-0.39, 0.29) is 36.2 Å². The first-order valence-corrected chi connectivity index (χ1v) is 13.3. The lowest BCUT2D eigenvalue weighted by molar-refractivity contribution is -0.132. The standard InChI is InChI=1S/C23H36N4O5S/c1-23(2,3)25-17-10-11-20(19(14-17)26-33(4,30)31)27-13-12-18(21(27)28)24-22(29)32-15-16-8-6-5-7-9-16/h5-9,17-20,25-26H,10-15H2,1-4H3,(H,24,29)/t17-,18+,19-,20+/m1/s1. The quantitative estimate of drug-likeness (QED) is 0.547. The van der Waals surface area contributed by atoms with Crippen LogP contribution >= 0.6 is 0 Å². The molecule has 1 heterocycles. The molecule has 184 valence electrons. The number of sulfonamides is 1. The lowest BCUT2D eigenvalue weighted by atomic mass is 9.85. The van der Waals surface area contributed by atoms with Crippen molar-refractivity contribution in [3.05, 3.63) is 35.9 Å². The third-order valence-corrected chi connectivity index (χ3v) is 6.69. The zero-order valence-electron chi connectivity index (χ0n) is 19.8. The van der Waals surface area contributed by atoms with Crippen LogP contribution in [0.3, 0.4) is 0 Å². The first-order valence-electron chi connectivity index (χ1n) is 11.4.